The lowest BCUT2D eigenvalue weighted by Gasteiger charge is -2.10. The Morgan fingerprint density at radius 3 is 2.24 bits per heavy atom. The second-order valence-electron chi connectivity index (χ2n) is 3.26. The average Bonchev–Trinajstić information content (AvgIpc) is 3.13. The summed E-state index contributed by atoms with van der Waals surface area (Å²) in [6.07, 6.45) is -0.317. The molecular formula is C9H5F5O2S. The molecule has 0 radical (unpaired) electrons. The summed E-state index contributed by atoms with van der Waals surface area (Å²) in [5.41, 5.74) is 0. The molecule has 0 bridgehead atoms. The summed E-state index contributed by atoms with van der Waals surface area (Å²) in [5, 5.41) is 0. The van der Waals surface area contributed by atoms with Crippen molar-refractivity contribution in [3.63, 3.8) is 0 Å². The van der Waals surface area contributed by atoms with Gasteiger partial charge in [-0.3, -0.25) is 0 Å². The molecule has 1 fully saturated rings. The van der Waals surface area contributed by atoms with Gasteiger partial charge in [0, 0.05) is 0 Å². The molecule has 1 aliphatic rings. The number of benzene rings is 1. The summed E-state index contributed by atoms with van der Waals surface area (Å²) in [7, 11) is 0. The summed E-state index contributed by atoms with van der Waals surface area (Å²) in [6.45, 7) is 0.181. The van der Waals surface area contributed by atoms with E-state index in [9.17, 15) is 21.4 Å². The molecule has 1 aromatic carbocycles. The van der Waals surface area contributed by atoms with Crippen LogP contribution < -0.4 is 4.74 Å². The highest BCUT2D eigenvalue weighted by atomic mass is 32.2. The fraction of sp³-hybridized carbons (Fsp3) is 0.333. The maximum absolute atomic E-state index is 13.2. The molecule has 1 unspecified atom stereocenters. The molecule has 0 aromatic heterocycles. The molecule has 0 N–H and O–H groups in total. The lowest BCUT2D eigenvalue weighted by molar-refractivity contribution is 0.238. The van der Waals surface area contributed by atoms with Crippen molar-refractivity contribution >= 4 is 12.1 Å². The Bertz CT molecular complexity index is 450. The van der Waals surface area contributed by atoms with Crippen molar-refractivity contribution in [2.75, 3.05) is 13.2 Å². The van der Waals surface area contributed by atoms with E-state index < -0.39 is 46.1 Å². The van der Waals surface area contributed by atoms with Crippen LogP contribution in [-0.4, -0.2) is 19.3 Å². The highest BCUT2D eigenvalue weighted by Crippen LogP contribution is 2.38. The smallest absolute Gasteiger partial charge is 0.205 e. The van der Waals surface area contributed by atoms with Crippen molar-refractivity contribution in [3.8, 4) is 5.75 Å². The average molecular weight is 272 g/mol. The Labute approximate surface area is 97.0 Å². The van der Waals surface area contributed by atoms with Crippen molar-refractivity contribution in [3.05, 3.63) is 23.3 Å². The molecule has 2 rings (SSSR count). The molecule has 0 spiro atoms. The topological polar surface area (TPSA) is 21.8 Å². The molecular weight excluding hydrogens is 267 g/mol. The van der Waals surface area contributed by atoms with Gasteiger partial charge in [0.15, 0.2) is 17.4 Å². The van der Waals surface area contributed by atoms with Crippen molar-refractivity contribution in [1.82, 2.24) is 0 Å². The summed E-state index contributed by atoms with van der Waals surface area (Å²) in [4.78, 5) is -1.05. The number of halogens is 5. The van der Waals surface area contributed by atoms with E-state index in [-0.39, 0.29) is 12.7 Å². The summed E-state index contributed by atoms with van der Waals surface area (Å²) in [5.74, 6) is -8.66. The molecule has 1 heterocycles. The third-order valence-corrected chi connectivity index (χ3v) is 2.60. The van der Waals surface area contributed by atoms with E-state index in [0.29, 0.717) is 6.61 Å². The Balaban J connectivity index is 2.38. The molecule has 0 aliphatic carbocycles. The fourth-order valence-electron chi connectivity index (χ4n) is 1.13. The molecule has 1 aliphatic heterocycles. The Morgan fingerprint density at radius 1 is 1.12 bits per heavy atom. The van der Waals surface area contributed by atoms with Gasteiger partial charge in [0.05, 0.1) is 18.8 Å². The van der Waals surface area contributed by atoms with E-state index in [2.05, 4.69) is 0 Å². The van der Waals surface area contributed by atoms with Gasteiger partial charge >= 0.3 is 0 Å². The van der Waals surface area contributed by atoms with Crippen molar-refractivity contribution in [1.29, 1.82) is 0 Å². The van der Waals surface area contributed by atoms with Gasteiger partial charge < -0.3 is 9.47 Å². The predicted octanol–water partition coefficient (Wildman–Crippen LogP) is 3.00. The van der Waals surface area contributed by atoms with Crippen LogP contribution in [0.3, 0.4) is 0 Å². The van der Waals surface area contributed by atoms with Crippen LogP contribution in [0.25, 0.3) is 0 Å². The summed E-state index contributed by atoms with van der Waals surface area (Å²) >= 11 is -0.756. The van der Waals surface area contributed by atoms with Crippen LogP contribution in [0.4, 0.5) is 21.4 Å². The van der Waals surface area contributed by atoms with Crippen molar-refractivity contribution in [2.24, 2.45) is 0 Å². The quantitative estimate of drug-likeness (QED) is 0.364. The second kappa shape index (κ2) is 4.69. The molecule has 94 valence electrons. The van der Waals surface area contributed by atoms with Gasteiger partial charge in [-0.05, 0) is 0 Å². The highest BCUT2D eigenvalue weighted by molar-refractivity contribution is 7.94. The minimum absolute atomic E-state index is 0.186. The zero-order valence-corrected chi connectivity index (χ0v) is 8.92. The highest BCUT2D eigenvalue weighted by Gasteiger charge is 2.30. The van der Waals surface area contributed by atoms with Crippen molar-refractivity contribution in [2.45, 2.75) is 11.0 Å². The van der Waals surface area contributed by atoms with Crippen molar-refractivity contribution < 1.29 is 30.9 Å². The molecule has 1 atom stereocenters. The van der Waals surface area contributed by atoms with Crippen LogP contribution in [0.15, 0.2) is 4.90 Å². The first-order chi connectivity index (χ1) is 8.06. The molecule has 0 saturated carbocycles. The van der Waals surface area contributed by atoms with E-state index in [0.717, 1.165) is 0 Å². The van der Waals surface area contributed by atoms with Crippen LogP contribution in [0.5, 0.6) is 5.75 Å². The van der Waals surface area contributed by atoms with Gasteiger partial charge in [0.1, 0.15) is 17.6 Å². The van der Waals surface area contributed by atoms with Gasteiger partial charge in [0.2, 0.25) is 11.6 Å². The Morgan fingerprint density at radius 2 is 1.71 bits per heavy atom. The van der Waals surface area contributed by atoms with Gasteiger partial charge in [0.25, 0.3) is 0 Å². The second-order valence-corrected chi connectivity index (χ2v) is 3.82. The van der Waals surface area contributed by atoms with Crippen LogP contribution in [0.2, 0.25) is 0 Å². The zero-order chi connectivity index (χ0) is 12.6. The summed E-state index contributed by atoms with van der Waals surface area (Å²) in [6, 6.07) is 0. The first-order valence-electron chi connectivity index (χ1n) is 4.45. The van der Waals surface area contributed by atoms with Gasteiger partial charge in [-0.15, -0.1) is 0 Å². The Hall–Kier alpha value is -1.02. The lowest BCUT2D eigenvalue weighted by atomic mass is 10.3. The predicted molar refractivity (Wildman–Crippen MR) is 48.5 cm³/mol. The number of hydrogen-bond acceptors (Lipinski definition) is 3. The normalized spacial score (nSPS) is 18.3. The molecule has 17 heavy (non-hydrogen) atoms. The minimum atomic E-state index is -2.07. The third kappa shape index (κ3) is 2.32. The standard InChI is InChI=1S/C9H5F5O2S/c10-4-5(11)7(13)9(17-14)8(6(4)12)16-2-3-1-15-3/h3H,1-2H2. The van der Waals surface area contributed by atoms with Gasteiger partial charge in [-0.2, -0.15) is 8.28 Å². The van der Waals surface area contributed by atoms with Crippen LogP contribution in [-0.2, 0) is 4.74 Å². The first-order valence-corrected chi connectivity index (χ1v) is 5.16. The Kier molecular flexibility index (Phi) is 3.43. The van der Waals surface area contributed by atoms with E-state index in [4.69, 9.17) is 9.47 Å². The van der Waals surface area contributed by atoms with E-state index in [1.165, 1.54) is 0 Å². The molecule has 1 aromatic rings. The minimum Gasteiger partial charge on any atom is -0.486 e. The zero-order valence-electron chi connectivity index (χ0n) is 8.11. The SMILES string of the molecule is FSc1c(F)c(F)c(F)c(F)c1OCC1CO1. The number of ether oxygens (including phenoxy) is 2. The first kappa shape index (κ1) is 12.4. The molecule has 2 nitrogen and oxygen atoms in total. The molecule has 8 heteroatoms. The van der Waals surface area contributed by atoms with Crippen LogP contribution in [0, 0.1) is 23.3 Å². The van der Waals surface area contributed by atoms with Crippen LogP contribution >= 0.6 is 12.1 Å². The number of rotatable bonds is 4. The largest absolute Gasteiger partial charge is 0.486 e. The van der Waals surface area contributed by atoms with Crippen LogP contribution in [0.1, 0.15) is 0 Å². The lowest BCUT2D eigenvalue weighted by Crippen LogP contribution is -2.09. The van der Waals surface area contributed by atoms with E-state index in [1.54, 1.807) is 0 Å². The molecule has 0 amide bonds. The fourth-order valence-corrected chi connectivity index (χ4v) is 1.51. The maximum Gasteiger partial charge on any atom is 0.205 e. The van der Waals surface area contributed by atoms with E-state index in [1.807, 2.05) is 0 Å². The number of hydrogen-bond donors (Lipinski definition) is 0. The third-order valence-electron chi connectivity index (χ3n) is 2.08. The van der Waals surface area contributed by atoms with Gasteiger partial charge in [-0.1, -0.05) is 0 Å². The summed E-state index contributed by atoms with van der Waals surface area (Å²) < 4.78 is 73.8. The van der Waals surface area contributed by atoms with E-state index >= 15 is 0 Å². The monoisotopic (exact) mass is 272 g/mol. The maximum atomic E-state index is 13.2. The van der Waals surface area contributed by atoms with Gasteiger partial charge in [-0.25, -0.2) is 13.2 Å². The number of epoxide rings is 1. The molecule has 1 saturated heterocycles.